The lowest BCUT2D eigenvalue weighted by Crippen LogP contribution is -2.31. The second kappa shape index (κ2) is 15.3. The molecule has 6 rings (SSSR count). The number of hydrogen-bond acceptors (Lipinski definition) is 4. The highest BCUT2D eigenvalue weighted by Gasteiger charge is 2.22. The molecule has 0 aromatic heterocycles. The molecule has 2 aliphatic carbocycles. The van der Waals surface area contributed by atoms with Gasteiger partial charge in [0.25, 0.3) is 0 Å². The number of rotatable bonds is 4. The van der Waals surface area contributed by atoms with Crippen LogP contribution < -0.4 is 0 Å². The average Bonchev–Trinajstić information content (AvgIpc) is 3.61. The highest BCUT2D eigenvalue weighted by molar-refractivity contribution is 5.89. The van der Waals surface area contributed by atoms with Crippen molar-refractivity contribution in [2.24, 2.45) is 0 Å². The van der Waals surface area contributed by atoms with Gasteiger partial charge in [0.2, 0.25) is 0 Å². The smallest absolute Gasteiger partial charge is 0.328 e. The average molecular weight is 543 g/mol. The lowest BCUT2D eigenvalue weighted by Gasteiger charge is -2.23. The van der Waals surface area contributed by atoms with Crippen LogP contribution in [0.3, 0.4) is 0 Å². The minimum absolute atomic E-state index is 0.558. The molecule has 2 aromatic carbocycles. The van der Waals surface area contributed by atoms with Crippen LogP contribution in [0.2, 0.25) is 0 Å². The number of carboxylic acid groups (broad SMARTS) is 2. The van der Waals surface area contributed by atoms with Gasteiger partial charge in [-0.3, -0.25) is 9.80 Å². The van der Waals surface area contributed by atoms with Gasteiger partial charge in [0.05, 0.1) is 0 Å². The van der Waals surface area contributed by atoms with Gasteiger partial charge in [0, 0.05) is 24.2 Å². The van der Waals surface area contributed by atoms with Crippen molar-refractivity contribution >= 4 is 24.1 Å². The van der Waals surface area contributed by atoms with Gasteiger partial charge in [-0.1, -0.05) is 72.8 Å². The van der Waals surface area contributed by atoms with E-state index in [2.05, 4.69) is 82.6 Å². The molecule has 212 valence electrons. The molecular weight excluding hydrogens is 500 g/mol. The van der Waals surface area contributed by atoms with E-state index in [-0.39, 0.29) is 0 Å². The van der Waals surface area contributed by atoms with Crippen molar-refractivity contribution in [3.63, 3.8) is 0 Å². The Labute approximate surface area is 238 Å². The molecule has 6 heteroatoms. The summed E-state index contributed by atoms with van der Waals surface area (Å²) in [4.78, 5) is 24.4. The quantitative estimate of drug-likeness (QED) is 0.466. The lowest BCUT2D eigenvalue weighted by atomic mass is 10.0. The molecular formula is C34H42N2O4. The van der Waals surface area contributed by atoms with Crippen LogP contribution in [0, 0.1) is 0 Å². The van der Waals surface area contributed by atoms with E-state index in [1.54, 1.807) is 0 Å². The molecule has 0 spiro atoms. The van der Waals surface area contributed by atoms with Gasteiger partial charge >= 0.3 is 11.9 Å². The fourth-order valence-electron chi connectivity index (χ4n) is 5.98. The van der Waals surface area contributed by atoms with E-state index in [4.69, 9.17) is 10.2 Å². The van der Waals surface area contributed by atoms with E-state index in [9.17, 15) is 9.59 Å². The molecule has 2 aliphatic heterocycles. The molecule has 2 heterocycles. The van der Waals surface area contributed by atoms with Gasteiger partial charge in [-0.2, -0.15) is 0 Å². The van der Waals surface area contributed by atoms with E-state index in [0.717, 1.165) is 0 Å². The SMILES string of the molecule is C1=CC(N2CCCC2)CCc2ccccc21.C1=CC(N2CCCC2)CCc2ccccc21.O=C(O)/C=C/C(=O)O. The minimum atomic E-state index is -1.26. The van der Waals surface area contributed by atoms with Crippen LogP contribution in [-0.2, 0) is 22.4 Å². The summed E-state index contributed by atoms with van der Waals surface area (Å²) in [6, 6.07) is 18.9. The summed E-state index contributed by atoms with van der Waals surface area (Å²) in [5.74, 6) is -2.51. The Hall–Kier alpha value is -3.48. The number of hydrogen-bond donors (Lipinski definition) is 2. The second-order valence-electron chi connectivity index (χ2n) is 10.8. The zero-order valence-corrected chi connectivity index (χ0v) is 23.3. The summed E-state index contributed by atoms with van der Waals surface area (Å²) >= 11 is 0. The maximum absolute atomic E-state index is 9.55. The van der Waals surface area contributed by atoms with E-state index >= 15 is 0 Å². The molecule has 2 aromatic rings. The summed E-state index contributed by atoms with van der Waals surface area (Å²) < 4.78 is 0. The summed E-state index contributed by atoms with van der Waals surface area (Å²) in [7, 11) is 0. The molecule has 2 saturated heterocycles. The van der Waals surface area contributed by atoms with Crippen molar-refractivity contribution in [3.05, 3.63) is 95.1 Å². The van der Waals surface area contributed by atoms with Gasteiger partial charge < -0.3 is 10.2 Å². The Bertz CT molecular complexity index is 1110. The van der Waals surface area contributed by atoms with Crippen molar-refractivity contribution < 1.29 is 19.8 Å². The highest BCUT2D eigenvalue weighted by Crippen LogP contribution is 2.25. The molecule has 40 heavy (non-hydrogen) atoms. The Morgan fingerprint density at radius 3 is 1.38 bits per heavy atom. The third-order valence-electron chi connectivity index (χ3n) is 8.11. The molecule has 2 N–H and O–H groups in total. The number of carbonyl (C=O) groups is 2. The van der Waals surface area contributed by atoms with E-state index < -0.39 is 11.9 Å². The van der Waals surface area contributed by atoms with Crippen LogP contribution in [0.25, 0.3) is 12.2 Å². The fourth-order valence-corrected chi connectivity index (χ4v) is 5.98. The third-order valence-corrected chi connectivity index (χ3v) is 8.11. The van der Waals surface area contributed by atoms with E-state index in [1.165, 1.54) is 99.8 Å². The van der Waals surface area contributed by atoms with Gasteiger partial charge in [0.15, 0.2) is 0 Å². The maximum atomic E-state index is 9.55. The number of nitrogens with zero attached hydrogens (tertiary/aromatic N) is 2. The standard InChI is InChI=1S/2C15H19N.C4H4O4/c2*1-2-6-14-8-10-15(9-7-13(14)5-1)16-11-3-4-12-16;5-3(6)1-2-4(7)8/h2*1-2,5-7,9,15H,3-4,8,10-12H2;1-2H,(H,5,6)(H,7,8)/b;;2-1+. The topological polar surface area (TPSA) is 81.1 Å². The largest absolute Gasteiger partial charge is 0.478 e. The van der Waals surface area contributed by atoms with Crippen molar-refractivity contribution in [2.75, 3.05) is 26.2 Å². The molecule has 6 nitrogen and oxygen atoms in total. The Kier molecular flexibility index (Phi) is 11.3. The monoisotopic (exact) mass is 542 g/mol. The fraction of sp³-hybridized carbons (Fsp3) is 0.412. The van der Waals surface area contributed by atoms with Crippen LogP contribution in [0.15, 0.2) is 72.8 Å². The number of aryl methyl sites for hydroxylation is 2. The zero-order chi connectivity index (χ0) is 28.2. The first-order valence-corrected chi connectivity index (χ1v) is 14.6. The van der Waals surface area contributed by atoms with Crippen molar-refractivity contribution in [2.45, 2.75) is 63.5 Å². The summed E-state index contributed by atoms with van der Waals surface area (Å²) in [6.45, 7) is 5.19. The maximum Gasteiger partial charge on any atom is 0.328 e. The van der Waals surface area contributed by atoms with Crippen LogP contribution in [0.4, 0.5) is 0 Å². The predicted octanol–water partition coefficient (Wildman–Crippen LogP) is 5.93. The van der Waals surface area contributed by atoms with Crippen molar-refractivity contribution in [1.82, 2.24) is 9.80 Å². The number of likely N-dealkylation sites (tertiary alicyclic amines) is 2. The van der Waals surface area contributed by atoms with E-state index in [0.29, 0.717) is 24.2 Å². The highest BCUT2D eigenvalue weighted by atomic mass is 16.4. The number of benzene rings is 2. The normalized spacial score (nSPS) is 22.2. The molecule has 2 fully saturated rings. The Morgan fingerprint density at radius 2 is 1.00 bits per heavy atom. The number of carboxylic acids is 2. The molecule has 0 bridgehead atoms. The van der Waals surface area contributed by atoms with E-state index in [1.807, 2.05) is 0 Å². The zero-order valence-electron chi connectivity index (χ0n) is 23.3. The molecule has 0 amide bonds. The summed E-state index contributed by atoms with van der Waals surface area (Å²) in [5, 5.41) is 15.6. The van der Waals surface area contributed by atoms with Crippen LogP contribution in [0.5, 0.6) is 0 Å². The van der Waals surface area contributed by atoms with Crippen LogP contribution in [-0.4, -0.2) is 70.2 Å². The number of fused-ring (bicyclic) bond motifs is 2. The van der Waals surface area contributed by atoms with Gasteiger partial charge in [-0.05, 0) is 99.8 Å². The van der Waals surface area contributed by atoms with Crippen LogP contribution >= 0.6 is 0 Å². The lowest BCUT2D eigenvalue weighted by molar-refractivity contribution is -0.134. The predicted molar refractivity (Wildman–Crippen MR) is 161 cm³/mol. The first-order valence-electron chi connectivity index (χ1n) is 14.6. The van der Waals surface area contributed by atoms with Crippen molar-refractivity contribution in [1.29, 1.82) is 0 Å². The molecule has 4 aliphatic rings. The van der Waals surface area contributed by atoms with Gasteiger partial charge in [0.1, 0.15) is 0 Å². The van der Waals surface area contributed by atoms with Gasteiger partial charge in [-0.15, -0.1) is 0 Å². The molecule has 2 atom stereocenters. The molecule has 2 unspecified atom stereocenters. The Balaban J connectivity index is 0.000000148. The molecule has 0 saturated carbocycles. The van der Waals surface area contributed by atoms with Crippen molar-refractivity contribution in [3.8, 4) is 0 Å². The third kappa shape index (κ3) is 9.04. The first-order chi connectivity index (χ1) is 19.5. The number of aliphatic carboxylic acids is 2. The first kappa shape index (κ1) is 29.5. The summed E-state index contributed by atoms with van der Waals surface area (Å²) in [5.41, 5.74) is 5.87. The molecule has 0 radical (unpaired) electrons. The minimum Gasteiger partial charge on any atom is -0.478 e. The Morgan fingerprint density at radius 1 is 0.625 bits per heavy atom. The van der Waals surface area contributed by atoms with Gasteiger partial charge in [-0.25, -0.2) is 9.59 Å². The second-order valence-corrected chi connectivity index (χ2v) is 10.8. The van der Waals surface area contributed by atoms with Crippen LogP contribution in [0.1, 0.15) is 60.8 Å². The summed E-state index contributed by atoms with van der Waals surface area (Å²) in [6.07, 6.45) is 21.2.